The molecule has 664 valence electrons. The van der Waals surface area contributed by atoms with E-state index in [9.17, 15) is 26.4 Å². The van der Waals surface area contributed by atoms with Crippen molar-refractivity contribution in [3.05, 3.63) is 72.3 Å². The van der Waals surface area contributed by atoms with E-state index in [0.717, 1.165) is 17.2 Å². The second-order valence-electron chi connectivity index (χ2n) is 25.1. The maximum Gasteiger partial charge on any atom is 1.00 e. The fourth-order valence-electron chi connectivity index (χ4n) is 7.73. The van der Waals surface area contributed by atoms with Gasteiger partial charge in [0.1, 0.15) is 11.2 Å². The van der Waals surface area contributed by atoms with E-state index in [1.807, 2.05) is 55.4 Å². The second kappa shape index (κ2) is 84.2. The van der Waals surface area contributed by atoms with Crippen molar-refractivity contribution in [3.8, 4) is 0 Å². The number of hydrogen-bond donors (Lipinski definition) is 1. The summed E-state index contributed by atoms with van der Waals surface area (Å²) >= 11 is 0. The molecule has 114 heavy (non-hydrogen) atoms. The Balaban J connectivity index is -0.00000193. The number of benzene rings is 2. The van der Waals surface area contributed by atoms with Gasteiger partial charge in [0.15, 0.2) is 0 Å². The predicted octanol–water partition coefficient (Wildman–Crippen LogP) is 1.85. The average Bonchev–Trinajstić information content (AvgIpc) is 0.854. The van der Waals surface area contributed by atoms with Gasteiger partial charge in [-0.1, -0.05) is 42.0 Å². The van der Waals surface area contributed by atoms with Crippen LogP contribution in [0.3, 0.4) is 0 Å². The van der Waals surface area contributed by atoms with Gasteiger partial charge in [-0.3, -0.25) is 13.2 Å². The van der Waals surface area contributed by atoms with Crippen LogP contribution >= 0.6 is 0 Å². The van der Waals surface area contributed by atoms with Crippen LogP contribution in [-0.2, 0) is 157 Å². The molecule has 0 saturated heterocycles. The topological polar surface area (TPSA) is 402 Å². The van der Waals surface area contributed by atoms with E-state index < -0.39 is 31.4 Å². The second-order valence-corrected chi connectivity index (χ2v) is 28.3. The Morgan fingerprint density at radius 3 is 0.623 bits per heavy atom. The summed E-state index contributed by atoms with van der Waals surface area (Å²) < 4.78 is 193. The summed E-state index contributed by atoms with van der Waals surface area (Å²) in [5.41, 5.74) is 1.07. The number of carbonyl (C=O) groups excluding carboxylic acids is 2. The van der Waals surface area contributed by atoms with Crippen LogP contribution in [0, 0.1) is 13.8 Å². The Hall–Kier alpha value is -2.42. The number of aryl methyl sites for hydroxylation is 2. The number of aliphatic hydroxyl groups excluding tert-OH is 1. The van der Waals surface area contributed by atoms with E-state index in [-0.39, 0.29) is 118 Å². The molecule has 0 spiro atoms. The van der Waals surface area contributed by atoms with Crippen molar-refractivity contribution >= 4 is 32.2 Å². The van der Waals surface area contributed by atoms with Gasteiger partial charge in [-0.2, -0.15) is 16.8 Å². The van der Waals surface area contributed by atoms with E-state index in [2.05, 4.69) is 6.58 Å². The first-order chi connectivity index (χ1) is 54.1. The van der Waals surface area contributed by atoms with Crippen LogP contribution < -0.4 is 51.4 Å². The fourth-order valence-corrected chi connectivity index (χ4v) is 9.52. The minimum absolute atomic E-state index is 0. The van der Waals surface area contributed by atoms with Gasteiger partial charge in [-0.25, -0.2) is 4.79 Å². The molecule has 0 heterocycles. The van der Waals surface area contributed by atoms with Gasteiger partial charge >= 0.3 is 63.3 Å². The number of carbonyl (C=O) groups is 2. The summed E-state index contributed by atoms with van der Waals surface area (Å²) in [6, 6.07) is 12.9. The molecule has 2 N–H and O–H groups in total. The van der Waals surface area contributed by atoms with Crippen LogP contribution in [0.2, 0.25) is 0 Å². The molecule has 0 fully saturated rings. The summed E-state index contributed by atoms with van der Waals surface area (Å²) in [5.74, 6) is -0.644. The molecule has 0 aliphatic heterocycles. The molecule has 0 aliphatic rings. The first-order valence-corrected chi connectivity index (χ1v) is 40.8. The van der Waals surface area contributed by atoms with Gasteiger partial charge in [0, 0.05) is 6.08 Å². The zero-order valence-electron chi connectivity index (χ0n) is 69.4. The van der Waals surface area contributed by atoms with E-state index in [1.54, 1.807) is 24.3 Å². The monoisotopic (exact) mass is 1710 g/mol. The zero-order chi connectivity index (χ0) is 82.3. The van der Waals surface area contributed by atoms with Crippen molar-refractivity contribution in [2.45, 2.75) is 82.8 Å². The maximum absolute atomic E-state index is 12.1. The predicted molar refractivity (Wildman–Crippen MR) is 413 cm³/mol. The SMILES string of the molecule is C=CC(=O)OC(C)(C)C.Cc1ccc(S(=O)(=O)OCCOCCOCCOCCOCCOCCOCCOCCOCCOCCOCCOCCO)cc1.Cc1ccc(S(=O)(=O)OCCOCCOCCOCCOCCOCCOCCOCCOCCOCCOCCOCCOCCC(=O)OC(C)(C)C)cc1.[K+].[OH-]. The van der Waals surface area contributed by atoms with Crippen LogP contribution in [0.25, 0.3) is 0 Å². The number of ether oxygens (including phenoxy) is 25. The summed E-state index contributed by atoms with van der Waals surface area (Å²) in [4.78, 5) is 22.3. The van der Waals surface area contributed by atoms with Crippen LogP contribution in [0.4, 0.5) is 0 Å². The molecule has 0 amide bonds. The molecule has 0 aromatic heterocycles. The molecule has 0 aliphatic carbocycles. The number of aliphatic hydroxyl groups is 1. The first-order valence-electron chi connectivity index (χ1n) is 38.0. The molecular formula is C76H137KO35S2. The van der Waals surface area contributed by atoms with Gasteiger partial charge in [-0.05, 0) is 79.7 Å². The van der Waals surface area contributed by atoms with Crippen molar-refractivity contribution in [2.24, 2.45) is 0 Å². The minimum atomic E-state index is -3.78. The normalized spacial score (nSPS) is 11.7. The van der Waals surface area contributed by atoms with Gasteiger partial charge in [-0.15, -0.1) is 0 Å². The molecule has 0 bridgehead atoms. The Bertz CT molecular complexity index is 2630. The summed E-state index contributed by atoms with van der Waals surface area (Å²) in [7, 11) is -7.56. The maximum atomic E-state index is 12.1. The molecule has 2 aromatic carbocycles. The zero-order valence-corrected chi connectivity index (χ0v) is 74.2. The van der Waals surface area contributed by atoms with E-state index in [1.165, 1.54) is 24.3 Å². The van der Waals surface area contributed by atoms with E-state index in [0.29, 0.717) is 291 Å². The summed E-state index contributed by atoms with van der Waals surface area (Å²) in [5, 5.41) is 8.58. The first kappa shape index (κ1) is 116. The van der Waals surface area contributed by atoms with Gasteiger partial charge in [0.2, 0.25) is 0 Å². The molecule has 2 rings (SSSR count). The van der Waals surface area contributed by atoms with Crippen molar-refractivity contribution in [1.29, 1.82) is 0 Å². The van der Waals surface area contributed by atoms with Crippen LogP contribution in [0.1, 0.15) is 59.1 Å². The van der Waals surface area contributed by atoms with E-state index in [4.69, 9.17) is 132 Å². The summed E-state index contributed by atoms with van der Waals surface area (Å²) in [6.45, 7) is 37.9. The van der Waals surface area contributed by atoms with Crippen LogP contribution in [-0.4, -0.2) is 374 Å². The molecule has 0 unspecified atom stereocenters. The number of hydrogen-bond acceptors (Lipinski definition) is 35. The molecule has 0 atom stereocenters. The number of rotatable bonds is 79. The third-order valence-corrected chi connectivity index (χ3v) is 15.7. The molecule has 38 heteroatoms. The Morgan fingerprint density at radius 1 is 0.298 bits per heavy atom. The van der Waals surface area contributed by atoms with Crippen LogP contribution in [0.5, 0.6) is 0 Å². The van der Waals surface area contributed by atoms with Gasteiger partial charge in [0.05, 0.1) is 340 Å². The number of esters is 2. The molecular weight excluding hydrogens is 1580 g/mol. The van der Waals surface area contributed by atoms with Crippen molar-refractivity contribution < 1.29 is 215 Å². The Morgan fingerprint density at radius 2 is 0.465 bits per heavy atom. The Kier molecular flexibility index (Phi) is 85.5. The van der Waals surface area contributed by atoms with Crippen molar-refractivity contribution in [1.82, 2.24) is 0 Å². The fraction of sp³-hybridized carbons (Fsp3) is 0.789. The molecule has 35 nitrogen and oxygen atoms in total. The van der Waals surface area contributed by atoms with Crippen molar-refractivity contribution in [3.63, 3.8) is 0 Å². The minimum Gasteiger partial charge on any atom is -0.870 e. The largest absolute Gasteiger partial charge is 1.00 e. The standard InChI is InChI=1S/C38H68O17S.C31H56O15S.C7H12O2.K.H2O/c1-35-5-7-36(8-6-35)56(40,41)54-34-33-53-32-31-52-30-29-51-28-27-50-26-25-49-24-23-48-22-21-47-20-19-46-18-17-45-16-15-44-14-13-43-12-11-42-10-9-37(39)55-38(2,3)4;1-30-2-4-31(5-3-30)47(33,34)46-29-28-45-27-26-44-25-24-43-23-22-42-21-20-41-19-18-40-17-16-39-15-14-38-13-12-37-11-10-36-9-8-35-7-6-32;1-5-6(8)9-7(2,3)4;;/h5-8H,9-34H2,1-4H3;2-5,32H,6-29H2,1H3;5H,1H2,2-4H3;;1H2/q;;;+1;/p-1. The Labute approximate surface area is 720 Å². The van der Waals surface area contributed by atoms with Gasteiger partial charge < -0.3 is 129 Å². The molecule has 2 aromatic rings. The molecule has 0 radical (unpaired) electrons. The van der Waals surface area contributed by atoms with Gasteiger partial charge in [0.25, 0.3) is 20.2 Å². The third-order valence-electron chi connectivity index (χ3n) is 13.0. The van der Waals surface area contributed by atoms with Crippen LogP contribution in [0.15, 0.2) is 71.0 Å². The smallest absolute Gasteiger partial charge is 0.870 e. The summed E-state index contributed by atoms with van der Waals surface area (Å²) in [6.07, 6.45) is 1.38. The molecule has 0 saturated carbocycles. The average molecular weight is 1710 g/mol. The third kappa shape index (κ3) is 86.0. The van der Waals surface area contributed by atoms with E-state index >= 15 is 0 Å². The quantitative estimate of drug-likeness (QED) is 0.0324. The van der Waals surface area contributed by atoms with Crippen molar-refractivity contribution in [2.75, 3.05) is 324 Å².